The molecule has 0 aliphatic heterocycles. The minimum atomic E-state index is -0.781. The van der Waals surface area contributed by atoms with Gasteiger partial charge in [0.1, 0.15) is 0 Å². The summed E-state index contributed by atoms with van der Waals surface area (Å²) in [5.74, 6) is -0.267. The van der Waals surface area contributed by atoms with Crippen LogP contribution in [0.1, 0.15) is 35.1 Å². The molecule has 1 aromatic heterocycles. The molecule has 0 unspecified atom stereocenters. The van der Waals surface area contributed by atoms with Gasteiger partial charge in [-0.25, -0.2) is 0 Å². The second-order valence-electron chi connectivity index (χ2n) is 5.07. The number of aliphatic carboxylic acids is 1. The summed E-state index contributed by atoms with van der Waals surface area (Å²) in [7, 11) is 0. The van der Waals surface area contributed by atoms with Crippen molar-refractivity contribution in [1.82, 2.24) is 0 Å². The zero-order valence-electron chi connectivity index (χ0n) is 11.7. The molecule has 0 bridgehead atoms. The molecule has 0 amide bonds. The van der Waals surface area contributed by atoms with Crippen molar-refractivity contribution < 1.29 is 9.90 Å². The van der Waals surface area contributed by atoms with Crippen LogP contribution in [0.4, 0.5) is 5.69 Å². The molecule has 0 atom stereocenters. The van der Waals surface area contributed by atoms with E-state index in [0.29, 0.717) is 5.92 Å². The number of hydrogen-bond donors (Lipinski definition) is 2. The lowest BCUT2D eigenvalue weighted by Gasteiger charge is -2.09. The van der Waals surface area contributed by atoms with E-state index in [1.165, 1.54) is 5.56 Å². The molecule has 4 heteroatoms. The van der Waals surface area contributed by atoms with Gasteiger partial charge in [-0.15, -0.1) is 11.3 Å². The first-order valence-electron chi connectivity index (χ1n) is 6.68. The Hall–Kier alpha value is -1.81. The van der Waals surface area contributed by atoms with Crippen LogP contribution < -0.4 is 5.32 Å². The Bertz CT molecular complexity index is 590. The molecule has 2 aromatic rings. The van der Waals surface area contributed by atoms with E-state index >= 15 is 0 Å². The van der Waals surface area contributed by atoms with Gasteiger partial charge in [0.05, 0.1) is 6.42 Å². The summed E-state index contributed by atoms with van der Waals surface area (Å²) in [6, 6.07) is 12.3. The van der Waals surface area contributed by atoms with Crippen LogP contribution in [0.2, 0.25) is 0 Å². The van der Waals surface area contributed by atoms with Gasteiger partial charge in [0.25, 0.3) is 0 Å². The number of rotatable bonds is 6. The van der Waals surface area contributed by atoms with Crippen LogP contribution in [0.15, 0.2) is 36.4 Å². The average Bonchev–Trinajstić information content (AvgIpc) is 2.83. The molecule has 2 rings (SSSR count). The van der Waals surface area contributed by atoms with Crippen LogP contribution in [0, 0.1) is 0 Å². The van der Waals surface area contributed by atoms with Crippen molar-refractivity contribution in [3.8, 4) is 0 Å². The maximum atomic E-state index is 10.6. The van der Waals surface area contributed by atoms with E-state index in [2.05, 4.69) is 43.4 Å². The molecule has 1 aromatic carbocycles. The number of carboxylic acids is 1. The highest BCUT2D eigenvalue weighted by Crippen LogP contribution is 2.21. The van der Waals surface area contributed by atoms with E-state index < -0.39 is 5.97 Å². The van der Waals surface area contributed by atoms with Crippen molar-refractivity contribution in [3.63, 3.8) is 0 Å². The highest BCUT2D eigenvalue weighted by atomic mass is 32.1. The second kappa shape index (κ2) is 6.57. The summed E-state index contributed by atoms with van der Waals surface area (Å²) in [6.07, 6.45) is 0.105. The fourth-order valence-corrected chi connectivity index (χ4v) is 2.91. The lowest BCUT2D eigenvalue weighted by atomic mass is 10.0. The first kappa shape index (κ1) is 14.6. The summed E-state index contributed by atoms with van der Waals surface area (Å²) in [4.78, 5) is 12.7. The Morgan fingerprint density at radius 3 is 2.70 bits per heavy atom. The summed E-state index contributed by atoms with van der Waals surface area (Å²) in [5.41, 5.74) is 2.41. The van der Waals surface area contributed by atoms with Crippen molar-refractivity contribution in [2.24, 2.45) is 0 Å². The molecular weight excluding hydrogens is 270 g/mol. The smallest absolute Gasteiger partial charge is 0.308 e. The van der Waals surface area contributed by atoms with Gasteiger partial charge in [0.2, 0.25) is 0 Å². The van der Waals surface area contributed by atoms with Crippen LogP contribution in [-0.4, -0.2) is 11.1 Å². The van der Waals surface area contributed by atoms with Crippen LogP contribution in [-0.2, 0) is 17.8 Å². The molecule has 0 aliphatic carbocycles. The second-order valence-corrected chi connectivity index (χ2v) is 6.33. The fourth-order valence-electron chi connectivity index (χ4n) is 1.96. The quantitative estimate of drug-likeness (QED) is 0.841. The summed E-state index contributed by atoms with van der Waals surface area (Å²) >= 11 is 1.55. The maximum absolute atomic E-state index is 10.6. The third kappa shape index (κ3) is 4.10. The number of hydrogen-bond acceptors (Lipinski definition) is 3. The lowest BCUT2D eigenvalue weighted by Crippen LogP contribution is -1.99. The van der Waals surface area contributed by atoms with Gasteiger partial charge >= 0.3 is 5.97 Å². The van der Waals surface area contributed by atoms with Crippen LogP contribution in [0.3, 0.4) is 0 Å². The van der Waals surface area contributed by atoms with Crippen molar-refractivity contribution in [2.75, 3.05) is 5.32 Å². The first-order valence-corrected chi connectivity index (χ1v) is 7.49. The third-order valence-electron chi connectivity index (χ3n) is 3.06. The monoisotopic (exact) mass is 289 g/mol. The van der Waals surface area contributed by atoms with E-state index in [9.17, 15) is 4.79 Å². The molecule has 0 saturated carbocycles. The van der Waals surface area contributed by atoms with Crippen LogP contribution >= 0.6 is 11.3 Å². The van der Waals surface area contributed by atoms with Gasteiger partial charge in [-0.05, 0) is 35.7 Å². The Balaban J connectivity index is 1.96. The molecule has 0 spiro atoms. The van der Waals surface area contributed by atoms with Crippen LogP contribution in [0.25, 0.3) is 0 Å². The minimum Gasteiger partial charge on any atom is -0.481 e. The number of nitrogens with one attached hydrogen (secondary N) is 1. The van der Waals surface area contributed by atoms with Gasteiger partial charge < -0.3 is 10.4 Å². The largest absolute Gasteiger partial charge is 0.481 e. The number of benzene rings is 1. The van der Waals surface area contributed by atoms with Crippen molar-refractivity contribution in [2.45, 2.75) is 32.7 Å². The topological polar surface area (TPSA) is 49.3 Å². The molecule has 1 heterocycles. The number of thiophene rings is 1. The van der Waals surface area contributed by atoms with E-state index in [1.807, 2.05) is 12.1 Å². The fraction of sp³-hybridized carbons (Fsp3) is 0.312. The molecule has 3 nitrogen and oxygen atoms in total. The average molecular weight is 289 g/mol. The molecular formula is C16H19NO2S. The molecule has 0 fully saturated rings. The minimum absolute atomic E-state index is 0.105. The highest BCUT2D eigenvalue weighted by Gasteiger charge is 2.05. The molecule has 20 heavy (non-hydrogen) atoms. The van der Waals surface area contributed by atoms with Gasteiger partial charge in [-0.3, -0.25) is 4.79 Å². The summed E-state index contributed by atoms with van der Waals surface area (Å²) < 4.78 is 0. The Kier molecular flexibility index (Phi) is 4.79. The number of carboxylic acid groups (broad SMARTS) is 1. The molecule has 106 valence electrons. The predicted molar refractivity (Wildman–Crippen MR) is 83.5 cm³/mol. The van der Waals surface area contributed by atoms with E-state index in [1.54, 1.807) is 11.3 Å². The zero-order valence-corrected chi connectivity index (χ0v) is 12.5. The van der Waals surface area contributed by atoms with E-state index in [4.69, 9.17) is 5.11 Å². The molecule has 0 radical (unpaired) electrons. The third-order valence-corrected chi connectivity index (χ3v) is 4.15. The van der Waals surface area contributed by atoms with Crippen molar-refractivity contribution >= 4 is 23.0 Å². The van der Waals surface area contributed by atoms with Gasteiger partial charge in [0.15, 0.2) is 0 Å². The van der Waals surface area contributed by atoms with Crippen molar-refractivity contribution in [3.05, 3.63) is 51.7 Å². The first-order chi connectivity index (χ1) is 9.54. The zero-order chi connectivity index (χ0) is 14.5. The molecule has 0 saturated heterocycles. The highest BCUT2D eigenvalue weighted by molar-refractivity contribution is 7.12. The Labute approximate surface area is 123 Å². The van der Waals surface area contributed by atoms with Gasteiger partial charge in [0, 0.05) is 22.0 Å². The normalized spacial score (nSPS) is 10.8. The van der Waals surface area contributed by atoms with Gasteiger partial charge in [-0.2, -0.15) is 0 Å². The summed E-state index contributed by atoms with van der Waals surface area (Å²) in [6.45, 7) is 5.08. The lowest BCUT2D eigenvalue weighted by molar-refractivity contribution is -0.136. The Morgan fingerprint density at radius 2 is 2.00 bits per heavy atom. The van der Waals surface area contributed by atoms with E-state index in [-0.39, 0.29) is 6.42 Å². The number of anilines is 1. The number of carbonyl (C=O) groups is 1. The van der Waals surface area contributed by atoms with E-state index in [0.717, 1.165) is 22.0 Å². The van der Waals surface area contributed by atoms with Crippen molar-refractivity contribution in [1.29, 1.82) is 0 Å². The molecule has 2 N–H and O–H groups in total. The molecule has 0 aliphatic rings. The summed E-state index contributed by atoms with van der Waals surface area (Å²) in [5, 5.41) is 12.1. The van der Waals surface area contributed by atoms with Gasteiger partial charge in [-0.1, -0.05) is 26.0 Å². The van der Waals surface area contributed by atoms with Crippen LogP contribution in [0.5, 0.6) is 0 Å². The maximum Gasteiger partial charge on any atom is 0.308 e. The standard InChI is InChI=1S/C16H19NO2S/c1-11(2)12-4-3-5-13(8-12)17-10-15-7-6-14(20-15)9-16(18)19/h3-8,11,17H,9-10H2,1-2H3,(H,18,19). The SMILES string of the molecule is CC(C)c1cccc(NCc2ccc(CC(=O)O)s2)c1. The predicted octanol–water partition coefficient (Wildman–Crippen LogP) is 4.11. The Morgan fingerprint density at radius 1 is 1.25 bits per heavy atom.